The second kappa shape index (κ2) is 5.88. The highest BCUT2D eigenvalue weighted by Crippen LogP contribution is 2.41. The minimum atomic E-state index is -0.183. The van der Waals surface area contributed by atoms with Crippen molar-refractivity contribution in [2.75, 3.05) is 13.7 Å². The molecule has 1 heterocycles. The van der Waals surface area contributed by atoms with Crippen LogP contribution in [0.15, 0.2) is 5.38 Å². The van der Waals surface area contributed by atoms with Crippen molar-refractivity contribution < 1.29 is 9.90 Å². The molecular formula is C13H21N3O2S. The van der Waals surface area contributed by atoms with Crippen molar-refractivity contribution in [1.82, 2.24) is 15.2 Å². The van der Waals surface area contributed by atoms with Crippen LogP contribution < -0.4 is 5.32 Å². The predicted molar refractivity (Wildman–Crippen MR) is 75.2 cm³/mol. The van der Waals surface area contributed by atoms with Crippen molar-refractivity contribution in [2.24, 2.45) is 5.92 Å². The lowest BCUT2D eigenvalue weighted by Gasteiger charge is -2.26. The number of nitrogens with one attached hydrogen (secondary N) is 1. The van der Waals surface area contributed by atoms with Gasteiger partial charge in [0.05, 0.1) is 18.7 Å². The number of thiazole rings is 1. The van der Waals surface area contributed by atoms with Gasteiger partial charge in [0.15, 0.2) is 0 Å². The lowest BCUT2D eigenvalue weighted by molar-refractivity contribution is 0.154. The number of amides is 2. The van der Waals surface area contributed by atoms with Crippen molar-refractivity contribution in [2.45, 2.75) is 38.8 Å². The summed E-state index contributed by atoms with van der Waals surface area (Å²) in [5, 5.41) is 15.1. The van der Waals surface area contributed by atoms with E-state index in [0.29, 0.717) is 5.92 Å². The first-order valence-electron chi connectivity index (χ1n) is 6.59. The summed E-state index contributed by atoms with van der Waals surface area (Å²) in [6, 6.07) is -0.316. The highest BCUT2D eigenvalue weighted by Gasteiger charge is 2.36. The van der Waals surface area contributed by atoms with Gasteiger partial charge >= 0.3 is 6.03 Å². The second-order valence-electron chi connectivity index (χ2n) is 5.23. The number of carbonyl (C=O) groups is 1. The molecule has 1 aliphatic rings. The van der Waals surface area contributed by atoms with E-state index in [1.165, 1.54) is 4.90 Å². The molecule has 106 valence electrons. The lowest BCUT2D eigenvalue weighted by Crippen LogP contribution is -2.45. The molecule has 2 rings (SSSR count). The Balaban J connectivity index is 2.03. The van der Waals surface area contributed by atoms with E-state index in [2.05, 4.69) is 10.3 Å². The number of aromatic nitrogens is 1. The number of urea groups is 1. The Hall–Kier alpha value is -1.14. The molecule has 1 saturated carbocycles. The number of aliphatic hydroxyl groups excluding tert-OH is 1. The summed E-state index contributed by atoms with van der Waals surface area (Å²) in [4.78, 5) is 18.2. The van der Waals surface area contributed by atoms with E-state index in [9.17, 15) is 4.79 Å². The number of rotatable bonds is 5. The molecule has 0 spiro atoms. The second-order valence-corrected chi connectivity index (χ2v) is 6.12. The first-order valence-corrected chi connectivity index (χ1v) is 7.47. The van der Waals surface area contributed by atoms with Crippen molar-refractivity contribution >= 4 is 17.4 Å². The molecule has 0 bridgehead atoms. The highest BCUT2D eigenvalue weighted by molar-refractivity contribution is 7.09. The number of hydrogen-bond acceptors (Lipinski definition) is 4. The van der Waals surface area contributed by atoms with Crippen LogP contribution in [-0.4, -0.2) is 40.7 Å². The molecule has 1 aromatic rings. The summed E-state index contributed by atoms with van der Waals surface area (Å²) in [6.45, 7) is 3.75. The summed E-state index contributed by atoms with van der Waals surface area (Å²) >= 11 is 1.60. The van der Waals surface area contributed by atoms with Gasteiger partial charge in [-0.25, -0.2) is 9.78 Å². The van der Waals surface area contributed by atoms with Crippen LogP contribution in [0, 0.1) is 12.8 Å². The van der Waals surface area contributed by atoms with Crippen LogP contribution in [0.3, 0.4) is 0 Å². The van der Waals surface area contributed by atoms with Gasteiger partial charge in [-0.05, 0) is 32.6 Å². The van der Waals surface area contributed by atoms with E-state index in [4.69, 9.17) is 5.11 Å². The van der Waals surface area contributed by atoms with Gasteiger partial charge < -0.3 is 15.3 Å². The van der Waals surface area contributed by atoms with E-state index in [0.717, 1.165) is 23.5 Å². The van der Waals surface area contributed by atoms with Crippen LogP contribution in [0.1, 0.15) is 36.5 Å². The van der Waals surface area contributed by atoms with Crippen LogP contribution in [0.4, 0.5) is 4.79 Å². The normalized spacial score (nSPS) is 17.9. The maximum atomic E-state index is 12.1. The Bertz CT molecular complexity index is 445. The van der Waals surface area contributed by atoms with Gasteiger partial charge in [0.2, 0.25) is 0 Å². The van der Waals surface area contributed by atoms with E-state index >= 15 is 0 Å². The topological polar surface area (TPSA) is 65.5 Å². The molecule has 19 heavy (non-hydrogen) atoms. The Morgan fingerprint density at radius 3 is 2.84 bits per heavy atom. The van der Waals surface area contributed by atoms with Crippen LogP contribution >= 0.6 is 11.3 Å². The van der Waals surface area contributed by atoms with Gasteiger partial charge in [-0.1, -0.05) is 0 Å². The molecule has 0 saturated heterocycles. The minimum absolute atomic E-state index is 0.0135. The average molecular weight is 283 g/mol. The van der Waals surface area contributed by atoms with Crippen molar-refractivity contribution in [3.63, 3.8) is 0 Å². The van der Waals surface area contributed by atoms with Crippen LogP contribution in [0.25, 0.3) is 0 Å². The maximum absolute atomic E-state index is 12.1. The number of carbonyl (C=O) groups excluding carboxylic acids is 1. The molecule has 1 aromatic heterocycles. The molecule has 2 N–H and O–H groups in total. The molecule has 1 aliphatic carbocycles. The summed E-state index contributed by atoms with van der Waals surface area (Å²) < 4.78 is 0. The molecule has 2 amide bonds. The van der Waals surface area contributed by atoms with Crippen molar-refractivity contribution in [1.29, 1.82) is 0 Å². The first-order chi connectivity index (χ1) is 9.02. The SMILES string of the molecule is Cc1csc(C(NC(=O)N(C)C(C)CO)C2CC2)n1. The smallest absolute Gasteiger partial charge is 0.318 e. The fourth-order valence-corrected chi connectivity index (χ4v) is 2.82. The molecular weight excluding hydrogens is 262 g/mol. The number of aryl methyl sites for hydroxylation is 1. The standard InChI is InChI=1S/C13H21N3O2S/c1-8-7-19-12(14-8)11(10-4-5-10)15-13(18)16(3)9(2)6-17/h7,9-11,17H,4-6H2,1-3H3,(H,15,18). The van der Waals surface area contributed by atoms with E-state index in [1.807, 2.05) is 19.2 Å². The Labute approximate surface area is 117 Å². The summed E-state index contributed by atoms with van der Waals surface area (Å²) in [7, 11) is 1.70. The monoisotopic (exact) mass is 283 g/mol. The third-order valence-corrected chi connectivity index (χ3v) is 4.57. The molecule has 2 unspecified atom stereocenters. The predicted octanol–water partition coefficient (Wildman–Crippen LogP) is 1.92. The van der Waals surface area contributed by atoms with Crippen molar-refractivity contribution in [3.05, 3.63) is 16.1 Å². The largest absolute Gasteiger partial charge is 0.394 e. The molecule has 0 aromatic carbocycles. The van der Waals surface area contributed by atoms with E-state index in [-0.39, 0.29) is 24.7 Å². The summed E-state index contributed by atoms with van der Waals surface area (Å²) in [6.07, 6.45) is 2.28. The quantitative estimate of drug-likeness (QED) is 0.867. The fraction of sp³-hybridized carbons (Fsp3) is 0.692. The minimum Gasteiger partial charge on any atom is -0.394 e. The van der Waals surface area contributed by atoms with Crippen LogP contribution in [0.2, 0.25) is 0 Å². The zero-order chi connectivity index (χ0) is 14.0. The van der Waals surface area contributed by atoms with Gasteiger partial charge in [-0.2, -0.15) is 0 Å². The molecule has 6 heteroatoms. The van der Waals surface area contributed by atoms with Gasteiger partial charge in [0.25, 0.3) is 0 Å². The molecule has 0 aliphatic heterocycles. The van der Waals surface area contributed by atoms with Gasteiger partial charge in [0.1, 0.15) is 5.01 Å². The van der Waals surface area contributed by atoms with Crippen LogP contribution in [-0.2, 0) is 0 Å². The highest BCUT2D eigenvalue weighted by atomic mass is 32.1. The summed E-state index contributed by atoms with van der Waals surface area (Å²) in [5.74, 6) is 0.507. The van der Waals surface area contributed by atoms with Crippen molar-refractivity contribution in [3.8, 4) is 0 Å². The molecule has 2 atom stereocenters. The number of aliphatic hydroxyl groups is 1. The third-order valence-electron chi connectivity index (χ3n) is 3.52. The third kappa shape index (κ3) is 3.45. The first kappa shape index (κ1) is 14.3. The average Bonchev–Trinajstić information content (AvgIpc) is 3.15. The molecule has 5 nitrogen and oxygen atoms in total. The summed E-state index contributed by atoms with van der Waals surface area (Å²) in [5.41, 5.74) is 0.997. The Morgan fingerprint density at radius 2 is 2.37 bits per heavy atom. The van der Waals surface area contributed by atoms with E-state index in [1.54, 1.807) is 18.4 Å². The Kier molecular flexibility index (Phi) is 4.42. The van der Waals surface area contributed by atoms with Gasteiger partial charge in [-0.15, -0.1) is 11.3 Å². The van der Waals surface area contributed by atoms with Crippen LogP contribution in [0.5, 0.6) is 0 Å². The number of hydrogen-bond donors (Lipinski definition) is 2. The number of nitrogens with zero attached hydrogens (tertiary/aromatic N) is 2. The fourth-order valence-electron chi connectivity index (χ4n) is 1.88. The molecule has 0 radical (unpaired) electrons. The molecule has 1 fully saturated rings. The number of likely N-dealkylation sites (N-methyl/N-ethyl adjacent to an activating group) is 1. The van der Waals surface area contributed by atoms with Gasteiger partial charge in [-0.3, -0.25) is 0 Å². The maximum Gasteiger partial charge on any atom is 0.318 e. The van der Waals surface area contributed by atoms with Gasteiger partial charge in [0, 0.05) is 18.1 Å². The lowest BCUT2D eigenvalue weighted by atomic mass is 10.2. The zero-order valence-electron chi connectivity index (χ0n) is 11.6. The zero-order valence-corrected chi connectivity index (χ0v) is 12.4. The Morgan fingerprint density at radius 1 is 1.68 bits per heavy atom. The van der Waals surface area contributed by atoms with E-state index < -0.39 is 0 Å².